The Morgan fingerprint density at radius 2 is 1.09 bits per heavy atom. The van der Waals surface area contributed by atoms with Gasteiger partial charge in [0, 0.05) is 27.6 Å². The van der Waals surface area contributed by atoms with Gasteiger partial charge in [0.1, 0.15) is 0 Å². The summed E-state index contributed by atoms with van der Waals surface area (Å²) in [5, 5.41) is 7.30. The largest absolute Gasteiger partial charge is 0.453 e. The molecule has 0 saturated carbocycles. The molecule has 0 aromatic heterocycles. The molecule has 3 heteroatoms. The minimum absolute atomic E-state index is 0.313. The van der Waals surface area contributed by atoms with Crippen LogP contribution in [0.2, 0.25) is 0 Å². The zero-order chi connectivity index (χ0) is 36.0. The summed E-state index contributed by atoms with van der Waals surface area (Å²) in [4.78, 5) is 4.91. The number of hydrogen-bond acceptors (Lipinski definition) is 3. The first-order valence-electron chi connectivity index (χ1n) is 18.7. The summed E-state index contributed by atoms with van der Waals surface area (Å²) >= 11 is 0. The average molecular weight is 693 g/mol. The summed E-state index contributed by atoms with van der Waals surface area (Å²) in [6.45, 7) is 4.71. The minimum atomic E-state index is -0.313. The zero-order valence-corrected chi connectivity index (χ0v) is 30.1. The third-order valence-electron chi connectivity index (χ3n) is 11.6. The van der Waals surface area contributed by atoms with Crippen molar-refractivity contribution in [2.24, 2.45) is 0 Å². The van der Waals surface area contributed by atoms with Crippen LogP contribution in [0.5, 0.6) is 11.5 Å². The Morgan fingerprint density at radius 3 is 1.91 bits per heavy atom. The predicted molar refractivity (Wildman–Crippen MR) is 226 cm³/mol. The lowest BCUT2D eigenvalue weighted by molar-refractivity contribution is 0.472. The van der Waals surface area contributed by atoms with Crippen LogP contribution in [0.4, 0.5) is 34.1 Å². The predicted octanol–water partition coefficient (Wildman–Crippen LogP) is 14.5. The van der Waals surface area contributed by atoms with Gasteiger partial charge in [-0.05, 0) is 92.3 Å². The van der Waals surface area contributed by atoms with Crippen molar-refractivity contribution in [3.05, 3.63) is 193 Å². The zero-order valence-electron chi connectivity index (χ0n) is 30.1. The maximum absolute atomic E-state index is 6.69. The van der Waals surface area contributed by atoms with E-state index in [4.69, 9.17) is 4.74 Å². The van der Waals surface area contributed by atoms with Gasteiger partial charge in [-0.1, -0.05) is 147 Å². The fourth-order valence-electron chi connectivity index (χ4n) is 8.94. The van der Waals surface area contributed by atoms with Gasteiger partial charge in [-0.15, -0.1) is 0 Å². The molecule has 0 fully saturated rings. The number of fused-ring (bicyclic) bond motifs is 9. The Balaban J connectivity index is 1.17. The molecule has 0 saturated heterocycles. The normalized spacial score (nSPS) is 13.6. The molecule has 2 heterocycles. The third kappa shape index (κ3) is 4.48. The second kappa shape index (κ2) is 11.6. The highest BCUT2D eigenvalue weighted by atomic mass is 16.5. The Morgan fingerprint density at radius 1 is 0.444 bits per heavy atom. The van der Waals surface area contributed by atoms with Gasteiger partial charge in [0.25, 0.3) is 0 Å². The van der Waals surface area contributed by atoms with E-state index >= 15 is 0 Å². The quantitative estimate of drug-likeness (QED) is 0.171. The molecule has 0 atom stereocenters. The number of benzene rings is 9. The monoisotopic (exact) mass is 692 g/mol. The standard InChI is InChI=1S/C51H36N2O/c1-51(2)43-21-12-22-47-50(43)53(49-40-18-9-6-15-35(40)25-30-48(49)54-47)45-29-28-38(32-44(45)51)52(37-26-23-34(24-27-37)33-13-4-3-5-14-33)46-31-36-16-7-8-17-39(36)41-19-10-11-20-42(41)46/h3-32H,1-2H3. The Kier molecular flexibility index (Phi) is 6.60. The fourth-order valence-corrected chi connectivity index (χ4v) is 8.94. The molecule has 0 unspecified atom stereocenters. The summed E-state index contributed by atoms with van der Waals surface area (Å²) in [6.07, 6.45) is 0. The molecule has 9 aromatic carbocycles. The first kappa shape index (κ1) is 30.8. The lowest BCUT2D eigenvalue weighted by Gasteiger charge is -2.45. The van der Waals surface area contributed by atoms with Crippen molar-refractivity contribution in [2.45, 2.75) is 19.3 Å². The molecule has 54 heavy (non-hydrogen) atoms. The van der Waals surface area contributed by atoms with E-state index in [0.717, 1.165) is 39.9 Å². The van der Waals surface area contributed by atoms with E-state index in [1.807, 2.05) is 0 Å². The van der Waals surface area contributed by atoms with E-state index in [-0.39, 0.29) is 5.41 Å². The first-order valence-corrected chi connectivity index (χ1v) is 18.7. The van der Waals surface area contributed by atoms with Gasteiger partial charge in [-0.25, -0.2) is 0 Å². The third-order valence-corrected chi connectivity index (χ3v) is 11.6. The molecule has 3 nitrogen and oxygen atoms in total. The molecule has 256 valence electrons. The Labute approximate surface area is 314 Å². The molecule has 0 bridgehead atoms. The Bertz CT molecular complexity index is 2950. The van der Waals surface area contributed by atoms with Crippen molar-refractivity contribution in [1.82, 2.24) is 0 Å². The molecule has 11 rings (SSSR count). The maximum atomic E-state index is 6.69. The molecular weight excluding hydrogens is 657 g/mol. The summed E-state index contributed by atoms with van der Waals surface area (Å²) in [5.41, 5.74) is 11.4. The molecule has 2 aliphatic heterocycles. The Hall–Kier alpha value is -6.84. The molecule has 0 N–H and O–H groups in total. The lowest BCUT2D eigenvalue weighted by Crippen LogP contribution is -2.32. The van der Waals surface area contributed by atoms with Crippen LogP contribution >= 0.6 is 0 Å². The second-order valence-electron chi connectivity index (χ2n) is 15.0. The van der Waals surface area contributed by atoms with E-state index in [1.54, 1.807) is 0 Å². The summed E-state index contributed by atoms with van der Waals surface area (Å²) in [6, 6.07) is 66.0. The number of hydrogen-bond donors (Lipinski definition) is 0. The minimum Gasteiger partial charge on any atom is -0.453 e. The number of para-hydroxylation sites is 1. The van der Waals surface area contributed by atoms with Gasteiger partial charge in [-0.3, -0.25) is 0 Å². The van der Waals surface area contributed by atoms with Gasteiger partial charge in [0.05, 0.1) is 22.7 Å². The molecule has 0 spiro atoms. The van der Waals surface area contributed by atoms with Crippen LogP contribution in [0.25, 0.3) is 43.4 Å². The van der Waals surface area contributed by atoms with E-state index in [2.05, 4.69) is 206 Å². The number of anilines is 6. The van der Waals surface area contributed by atoms with Crippen LogP contribution in [-0.4, -0.2) is 0 Å². The summed E-state index contributed by atoms with van der Waals surface area (Å²) in [7, 11) is 0. The highest BCUT2D eigenvalue weighted by Gasteiger charge is 2.42. The van der Waals surface area contributed by atoms with Gasteiger partial charge >= 0.3 is 0 Å². The van der Waals surface area contributed by atoms with Gasteiger partial charge in [-0.2, -0.15) is 0 Å². The second-order valence-corrected chi connectivity index (χ2v) is 15.0. The fraction of sp³-hybridized carbons (Fsp3) is 0.0588. The highest BCUT2D eigenvalue weighted by Crippen LogP contribution is 2.61. The molecule has 9 aromatic rings. The van der Waals surface area contributed by atoms with Gasteiger partial charge in [0.15, 0.2) is 11.5 Å². The van der Waals surface area contributed by atoms with E-state index in [1.165, 1.54) is 60.3 Å². The van der Waals surface area contributed by atoms with E-state index < -0.39 is 0 Å². The SMILES string of the molecule is CC1(C)c2cc(N(c3ccc(-c4ccccc4)cc3)c3cc4ccccc4c4ccccc34)ccc2N2c3c(cccc31)Oc1ccc3ccccc3c12. The topological polar surface area (TPSA) is 15.7 Å². The molecule has 2 aliphatic rings. The van der Waals surface area contributed by atoms with Crippen molar-refractivity contribution < 1.29 is 4.74 Å². The smallest absolute Gasteiger partial charge is 0.152 e. The maximum Gasteiger partial charge on any atom is 0.152 e. The van der Waals surface area contributed by atoms with E-state index in [0.29, 0.717) is 0 Å². The van der Waals surface area contributed by atoms with Crippen molar-refractivity contribution in [3.63, 3.8) is 0 Å². The van der Waals surface area contributed by atoms with Gasteiger partial charge in [0.2, 0.25) is 0 Å². The molecule has 0 aliphatic carbocycles. The molecular formula is C51H36N2O. The average Bonchev–Trinajstić information content (AvgIpc) is 3.23. The summed E-state index contributed by atoms with van der Waals surface area (Å²) < 4.78 is 6.69. The van der Waals surface area contributed by atoms with Crippen LogP contribution < -0.4 is 14.5 Å². The molecule has 0 radical (unpaired) electrons. The van der Waals surface area contributed by atoms with Crippen LogP contribution in [-0.2, 0) is 5.41 Å². The lowest BCUT2D eigenvalue weighted by atomic mass is 9.73. The first-order chi connectivity index (χ1) is 26.5. The van der Waals surface area contributed by atoms with Crippen LogP contribution in [0, 0.1) is 0 Å². The van der Waals surface area contributed by atoms with E-state index in [9.17, 15) is 0 Å². The van der Waals surface area contributed by atoms with Crippen molar-refractivity contribution >= 4 is 66.4 Å². The highest BCUT2D eigenvalue weighted by molar-refractivity contribution is 6.15. The number of nitrogens with zero attached hydrogens (tertiary/aromatic N) is 2. The van der Waals surface area contributed by atoms with Crippen LogP contribution in [0.15, 0.2) is 182 Å². The van der Waals surface area contributed by atoms with Gasteiger partial charge < -0.3 is 14.5 Å². The number of ether oxygens (including phenoxy) is 1. The summed E-state index contributed by atoms with van der Waals surface area (Å²) in [5.74, 6) is 1.76. The molecule has 0 amide bonds. The van der Waals surface area contributed by atoms with Crippen molar-refractivity contribution in [3.8, 4) is 22.6 Å². The van der Waals surface area contributed by atoms with Crippen molar-refractivity contribution in [1.29, 1.82) is 0 Å². The van der Waals surface area contributed by atoms with Crippen LogP contribution in [0.1, 0.15) is 25.0 Å². The number of rotatable bonds is 4. The van der Waals surface area contributed by atoms with Crippen LogP contribution in [0.3, 0.4) is 0 Å². The van der Waals surface area contributed by atoms with Crippen molar-refractivity contribution in [2.75, 3.05) is 9.80 Å².